The summed E-state index contributed by atoms with van der Waals surface area (Å²) in [4.78, 5) is 38.3. The van der Waals surface area contributed by atoms with E-state index in [4.69, 9.17) is 14.2 Å². The van der Waals surface area contributed by atoms with Crippen LogP contribution in [0.3, 0.4) is 0 Å². The molecule has 1 atom stereocenters. The monoisotopic (exact) mass is 1090 g/mol. The van der Waals surface area contributed by atoms with Crippen LogP contribution in [0.1, 0.15) is 265 Å². The molecule has 6 nitrogen and oxygen atoms in total. The van der Waals surface area contributed by atoms with Gasteiger partial charge in [0, 0.05) is 19.3 Å². The fourth-order valence-corrected chi connectivity index (χ4v) is 8.29. The molecule has 0 N–H and O–H groups in total. The molecule has 444 valence electrons. The summed E-state index contributed by atoms with van der Waals surface area (Å²) in [6.45, 7) is 6.32. The third kappa shape index (κ3) is 63.7. The van der Waals surface area contributed by atoms with Gasteiger partial charge in [-0.25, -0.2) is 0 Å². The molecule has 0 fully saturated rings. The number of rotatable bonds is 56. The third-order valence-corrected chi connectivity index (χ3v) is 13.0. The standard InChI is InChI=1S/C73H116O6/c1-4-7-10-13-16-19-22-25-28-31-34-36-39-42-45-48-51-54-57-60-63-66-72(75)78-69-70(68-77-71(74)65-62-59-56-53-50-47-44-41-38-33-30-27-24-21-18-15-12-9-6-3)79-73(76)67-64-61-58-55-52-49-46-43-40-37-35-32-29-26-23-20-17-14-11-8-5-2/h7,9-10,12,16,18-19,21,23,25-28,30,32,34-36,38,41-42,45,47,50,56,59,70H,4-6,8,11,13-15,17,20,22,24,29,31,33,37,39-40,43-44,46,48-49,51-55,57-58,60-69H2,1-3H3/b10-7-,12-9-,19-16-,21-18-,26-23-,28-25-,30-27-,35-32-,36-34-,41-38-,45-42-,50-47-,59-56-. The van der Waals surface area contributed by atoms with E-state index in [0.29, 0.717) is 19.3 Å². The van der Waals surface area contributed by atoms with Crippen LogP contribution >= 0.6 is 0 Å². The third-order valence-electron chi connectivity index (χ3n) is 13.0. The van der Waals surface area contributed by atoms with Crippen molar-refractivity contribution in [2.24, 2.45) is 0 Å². The Bertz CT molecular complexity index is 1780. The summed E-state index contributed by atoms with van der Waals surface area (Å²) in [6, 6.07) is 0. The lowest BCUT2D eigenvalue weighted by Gasteiger charge is -2.18. The predicted octanol–water partition coefficient (Wildman–Crippen LogP) is 22.1. The van der Waals surface area contributed by atoms with Crippen LogP contribution in [0.4, 0.5) is 0 Å². The summed E-state index contributed by atoms with van der Waals surface area (Å²) in [5.41, 5.74) is 0. The molecule has 0 radical (unpaired) electrons. The molecule has 0 aliphatic rings. The van der Waals surface area contributed by atoms with Gasteiger partial charge in [-0.2, -0.15) is 0 Å². The first-order valence-corrected chi connectivity index (χ1v) is 32.0. The molecule has 0 saturated heterocycles. The lowest BCUT2D eigenvalue weighted by Crippen LogP contribution is -2.30. The molecule has 0 bridgehead atoms. The van der Waals surface area contributed by atoms with Gasteiger partial charge in [0.15, 0.2) is 6.10 Å². The van der Waals surface area contributed by atoms with E-state index in [-0.39, 0.29) is 37.5 Å². The number of allylic oxidation sites excluding steroid dienone is 26. The molecule has 0 heterocycles. The van der Waals surface area contributed by atoms with Crippen LogP contribution in [0.2, 0.25) is 0 Å². The van der Waals surface area contributed by atoms with E-state index in [9.17, 15) is 14.4 Å². The molecule has 79 heavy (non-hydrogen) atoms. The van der Waals surface area contributed by atoms with E-state index < -0.39 is 6.10 Å². The number of carbonyl (C=O) groups excluding carboxylic acids is 3. The lowest BCUT2D eigenvalue weighted by molar-refractivity contribution is -0.166. The largest absolute Gasteiger partial charge is 0.462 e. The van der Waals surface area contributed by atoms with E-state index in [2.05, 4.69) is 173 Å². The number of carbonyl (C=O) groups is 3. The molecule has 0 aromatic heterocycles. The molecular weight excluding hydrogens is 973 g/mol. The van der Waals surface area contributed by atoms with Gasteiger partial charge in [0.25, 0.3) is 0 Å². The molecule has 6 heteroatoms. The van der Waals surface area contributed by atoms with Crippen LogP contribution in [0, 0.1) is 0 Å². The zero-order valence-corrected chi connectivity index (χ0v) is 50.8. The molecular formula is C73H116O6. The molecule has 0 saturated carbocycles. The van der Waals surface area contributed by atoms with Gasteiger partial charge in [-0.1, -0.05) is 269 Å². The Kier molecular flexibility index (Phi) is 61.4. The Morgan fingerprint density at radius 3 is 0.848 bits per heavy atom. The predicted molar refractivity (Wildman–Crippen MR) is 343 cm³/mol. The maximum atomic E-state index is 12.9. The minimum atomic E-state index is -0.829. The Labute approximate surface area is 486 Å². The van der Waals surface area contributed by atoms with Crippen molar-refractivity contribution in [2.45, 2.75) is 271 Å². The number of unbranched alkanes of at least 4 members (excludes halogenated alkanes) is 19. The second-order valence-electron chi connectivity index (χ2n) is 20.5. The summed E-state index contributed by atoms with van der Waals surface area (Å²) in [5.74, 6) is -1.03. The summed E-state index contributed by atoms with van der Waals surface area (Å²) in [6.07, 6.45) is 95.4. The van der Waals surface area contributed by atoms with Crippen molar-refractivity contribution in [1.29, 1.82) is 0 Å². The normalized spacial score (nSPS) is 13.2. The number of esters is 3. The number of hydrogen-bond acceptors (Lipinski definition) is 6. The average molecular weight is 1090 g/mol. The molecule has 0 aliphatic carbocycles. The van der Waals surface area contributed by atoms with E-state index in [1.165, 1.54) is 83.5 Å². The molecule has 0 amide bonds. The Balaban J connectivity index is 4.56. The zero-order chi connectivity index (χ0) is 57.1. The van der Waals surface area contributed by atoms with E-state index in [1.54, 1.807) is 0 Å². The molecule has 0 spiro atoms. The first-order valence-electron chi connectivity index (χ1n) is 32.0. The maximum absolute atomic E-state index is 12.9. The molecule has 0 aromatic rings. The molecule has 0 rings (SSSR count). The highest BCUT2D eigenvalue weighted by atomic mass is 16.6. The fraction of sp³-hybridized carbons (Fsp3) is 0.603. The average Bonchev–Trinajstić information content (AvgIpc) is 3.45. The van der Waals surface area contributed by atoms with Crippen LogP contribution in [-0.2, 0) is 28.6 Å². The maximum Gasteiger partial charge on any atom is 0.306 e. The minimum absolute atomic E-state index is 0.120. The molecule has 0 aromatic carbocycles. The van der Waals surface area contributed by atoms with Crippen LogP contribution < -0.4 is 0 Å². The van der Waals surface area contributed by atoms with Crippen LogP contribution in [0.5, 0.6) is 0 Å². The van der Waals surface area contributed by atoms with E-state index >= 15 is 0 Å². The van der Waals surface area contributed by atoms with Gasteiger partial charge < -0.3 is 14.2 Å². The van der Waals surface area contributed by atoms with Gasteiger partial charge in [0.2, 0.25) is 0 Å². The first kappa shape index (κ1) is 74.0. The van der Waals surface area contributed by atoms with Crippen molar-refractivity contribution in [2.75, 3.05) is 13.2 Å². The zero-order valence-electron chi connectivity index (χ0n) is 50.8. The summed E-state index contributed by atoms with van der Waals surface area (Å²) < 4.78 is 16.8. The second-order valence-corrected chi connectivity index (χ2v) is 20.5. The second kappa shape index (κ2) is 65.5. The van der Waals surface area contributed by atoms with Crippen LogP contribution in [0.15, 0.2) is 158 Å². The highest BCUT2D eigenvalue weighted by Gasteiger charge is 2.19. The van der Waals surface area contributed by atoms with Crippen molar-refractivity contribution in [3.05, 3.63) is 158 Å². The molecule has 1 unspecified atom stereocenters. The Hall–Kier alpha value is -4.97. The van der Waals surface area contributed by atoms with Gasteiger partial charge in [-0.15, -0.1) is 0 Å². The van der Waals surface area contributed by atoms with Gasteiger partial charge in [-0.3, -0.25) is 14.4 Å². The fourth-order valence-electron chi connectivity index (χ4n) is 8.29. The topological polar surface area (TPSA) is 78.9 Å². The van der Waals surface area contributed by atoms with Crippen molar-refractivity contribution >= 4 is 17.9 Å². The smallest absolute Gasteiger partial charge is 0.306 e. The summed E-state index contributed by atoms with van der Waals surface area (Å²) in [7, 11) is 0. The Morgan fingerprint density at radius 1 is 0.266 bits per heavy atom. The highest BCUT2D eigenvalue weighted by Crippen LogP contribution is 2.14. The van der Waals surface area contributed by atoms with Crippen LogP contribution in [0.25, 0.3) is 0 Å². The SMILES string of the molecule is CC/C=C\C/C=C\C/C=C\C/C=C\C/C=C\C/C=C\CCC(=O)OCC(COC(=O)CCCCCCC/C=C\C/C=C\C/C=C\C/C=C\C/C=C\CC)OC(=O)CCCCCCCCCCC/C=C\C/C=C\CCCCCCC. The van der Waals surface area contributed by atoms with Crippen molar-refractivity contribution in [3.8, 4) is 0 Å². The quantitative estimate of drug-likeness (QED) is 0.0261. The first-order chi connectivity index (χ1) is 39.0. The lowest BCUT2D eigenvalue weighted by atomic mass is 10.1. The summed E-state index contributed by atoms with van der Waals surface area (Å²) >= 11 is 0. The summed E-state index contributed by atoms with van der Waals surface area (Å²) in [5, 5.41) is 0. The Morgan fingerprint density at radius 2 is 0.519 bits per heavy atom. The molecule has 0 aliphatic heterocycles. The number of ether oxygens (including phenoxy) is 3. The van der Waals surface area contributed by atoms with Crippen molar-refractivity contribution in [3.63, 3.8) is 0 Å². The van der Waals surface area contributed by atoms with E-state index in [1.807, 2.05) is 6.08 Å². The van der Waals surface area contributed by atoms with Gasteiger partial charge >= 0.3 is 17.9 Å². The van der Waals surface area contributed by atoms with E-state index in [0.717, 1.165) is 135 Å². The van der Waals surface area contributed by atoms with Gasteiger partial charge in [0.1, 0.15) is 13.2 Å². The highest BCUT2D eigenvalue weighted by molar-refractivity contribution is 5.71. The minimum Gasteiger partial charge on any atom is -0.462 e. The van der Waals surface area contributed by atoms with Crippen molar-refractivity contribution < 1.29 is 28.6 Å². The van der Waals surface area contributed by atoms with Crippen molar-refractivity contribution in [1.82, 2.24) is 0 Å². The van der Waals surface area contributed by atoms with Crippen LogP contribution in [-0.4, -0.2) is 37.2 Å². The van der Waals surface area contributed by atoms with Gasteiger partial charge in [-0.05, 0) is 135 Å². The number of hydrogen-bond donors (Lipinski definition) is 0. The van der Waals surface area contributed by atoms with Gasteiger partial charge in [0.05, 0.1) is 0 Å².